The van der Waals surface area contributed by atoms with Crippen LogP contribution in [0.3, 0.4) is 0 Å². The van der Waals surface area contributed by atoms with E-state index >= 15 is 0 Å². The first-order chi connectivity index (χ1) is 11.8. The lowest BCUT2D eigenvalue weighted by atomic mass is 10.1. The predicted molar refractivity (Wildman–Crippen MR) is 87.6 cm³/mol. The van der Waals surface area contributed by atoms with Crippen LogP contribution in [0.1, 0.15) is 31.7 Å². The minimum absolute atomic E-state index is 0.307. The third-order valence-corrected chi connectivity index (χ3v) is 4.41. The summed E-state index contributed by atoms with van der Waals surface area (Å²) in [6, 6.07) is 4.49. The molecule has 136 valence electrons. The summed E-state index contributed by atoms with van der Waals surface area (Å²) in [6.07, 6.45) is -3.32. The summed E-state index contributed by atoms with van der Waals surface area (Å²) in [5.74, 6) is 1.26. The second-order valence-electron chi connectivity index (χ2n) is 6.77. The van der Waals surface area contributed by atoms with Gasteiger partial charge in [-0.05, 0) is 43.1 Å². The molecule has 0 amide bonds. The van der Waals surface area contributed by atoms with Crippen molar-refractivity contribution in [1.82, 2.24) is 19.2 Å². The average molecular weight is 354 g/mol. The van der Waals surface area contributed by atoms with E-state index in [1.165, 1.54) is 16.8 Å². The van der Waals surface area contributed by atoms with Crippen LogP contribution in [-0.4, -0.2) is 32.3 Å². The fraction of sp³-hybridized carbons (Fsp3) is 0.529. The molecule has 3 rings (SSSR count). The molecule has 25 heavy (non-hydrogen) atoms. The number of hydrogen-bond acceptors (Lipinski definition) is 3. The number of alkyl halides is 3. The molecule has 0 spiro atoms. The van der Waals surface area contributed by atoms with Gasteiger partial charge in [0.15, 0.2) is 0 Å². The van der Waals surface area contributed by atoms with Crippen LogP contribution in [0.5, 0.6) is 0 Å². The standard InChI is InChI=1S/C17H21F3N4O/c1-12(2)7-8-22-9-10-23-15(11-22)21-24(16(23)25)14-5-3-13(4-6-14)17(18,19)20/h3-6,12H,7-11H2,1-2H3. The average Bonchev–Trinajstić information content (AvgIpc) is 2.89. The lowest BCUT2D eigenvalue weighted by molar-refractivity contribution is -0.137. The Labute approximate surface area is 143 Å². The van der Waals surface area contributed by atoms with Gasteiger partial charge in [0, 0.05) is 13.1 Å². The Kier molecular flexibility index (Phi) is 4.73. The van der Waals surface area contributed by atoms with E-state index < -0.39 is 11.7 Å². The van der Waals surface area contributed by atoms with E-state index in [2.05, 4.69) is 23.8 Å². The Bertz CT molecular complexity index is 790. The first-order valence-corrected chi connectivity index (χ1v) is 8.34. The summed E-state index contributed by atoms with van der Waals surface area (Å²) in [4.78, 5) is 14.7. The second-order valence-corrected chi connectivity index (χ2v) is 6.77. The first-order valence-electron chi connectivity index (χ1n) is 8.34. The molecule has 8 heteroatoms. The third-order valence-electron chi connectivity index (χ3n) is 4.41. The molecular formula is C17H21F3N4O. The van der Waals surface area contributed by atoms with Crippen molar-refractivity contribution < 1.29 is 13.2 Å². The van der Waals surface area contributed by atoms with Crippen LogP contribution in [0.15, 0.2) is 29.1 Å². The van der Waals surface area contributed by atoms with Crippen molar-refractivity contribution >= 4 is 0 Å². The summed E-state index contributed by atoms with van der Waals surface area (Å²) in [7, 11) is 0. The molecule has 0 fully saturated rings. The third kappa shape index (κ3) is 3.78. The SMILES string of the molecule is CC(C)CCN1CCn2c(nn(-c3ccc(C(F)(F)F)cc3)c2=O)C1. The number of rotatable bonds is 4. The molecule has 0 radical (unpaired) electrons. The molecular weight excluding hydrogens is 333 g/mol. The van der Waals surface area contributed by atoms with Gasteiger partial charge in [-0.3, -0.25) is 9.47 Å². The van der Waals surface area contributed by atoms with Gasteiger partial charge < -0.3 is 0 Å². The number of benzene rings is 1. The maximum atomic E-state index is 12.7. The minimum Gasteiger partial charge on any atom is -0.294 e. The summed E-state index contributed by atoms with van der Waals surface area (Å²) < 4.78 is 40.8. The van der Waals surface area contributed by atoms with E-state index in [4.69, 9.17) is 0 Å². The van der Waals surface area contributed by atoms with Gasteiger partial charge in [0.2, 0.25) is 0 Å². The molecule has 1 aliphatic heterocycles. The molecule has 0 saturated heterocycles. The van der Waals surface area contributed by atoms with Crippen molar-refractivity contribution in [3.63, 3.8) is 0 Å². The predicted octanol–water partition coefficient (Wildman–Crippen LogP) is 2.91. The largest absolute Gasteiger partial charge is 0.416 e. The molecule has 0 aliphatic carbocycles. The zero-order chi connectivity index (χ0) is 18.2. The molecule has 0 unspecified atom stereocenters. The summed E-state index contributed by atoms with van der Waals surface area (Å²) >= 11 is 0. The molecule has 0 N–H and O–H groups in total. The van der Waals surface area contributed by atoms with Crippen molar-refractivity contribution in [3.8, 4) is 5.69 Å². The van der Waals surface area contributed by atoms with Gasteiger partial charge in [-0.15, -0.1) is 5.10 Å². The van der Waals surface area contributed by atoms with E-state index in [1.54, 1.807) is 4.57 Å². The van der Waals surface area contributed by atoms with E-state index in [9.17, 15) is 18.0 Å². The Morgan fingerprint density at radius 2 is 1.84 bits per heavy atom. The number of nitrogens with zero attached hydrogens (tertiary/aromatic N) is 4. The van der Waals surface area contributed by atoms with Crippen molar-refractivity contribution in [2.24, 2.45) is 5.92 Å². The first kappa shape index (κ1) is 17.7. The van der Waals surface area contributed by atoms with Gasteiger partial charge in [0.1, 0.15) is 5.82 Å². The van der Waals surface area contributed by atoms with Crippen molar-refractivity contribution in [1.29, 1.82) is 0 Å². The maximum absolute atomic E-state index is 12.7. The number of aromatic nitrogens is 3. The van der Waals surface area contributed by atoms with Gasteiger partial charge >= 0.3 is 11.9 Å². The van der Waals surface area contributed by atoms with Crippen LogP contribution in [-0.2, 0) is 19.3 Å². The van der Waals surface area contributed by atoms with Crippen LogP contribution >= 0.6 is 0 Å². The monoisotopic (exact) mass is 354 g/mol. The highest BCUT2D eigenvalue weighted by Crippen LogP contribution is 2.29. The Hall–Kier alpha value is -2.09. The van der Waals surface area contributed by atoms with Crippen molar-refractivity contribution in [2.75, 3.05) is 13.1 Å². The molecule has 0 atom stereocenters. The number of fused-ring (bicyclic) bond motifs is 1. The molecule has 0 bridgehead atoms. The topological polar surface area (TPSA) is 43.1 Å². The quantitative estimate of drug-likeness (QED) is 0.848. The van der Waals surface area contributed by atoms with E-state index in [1.807, 2.05) is 0 Å². The van der Waals surface area contributed by atoms with E-state index in [0.717, 1.165) is 31.6 Å². The van der Waals surface area contributed by atoms with Crippen LogP contribution < -0.4 is 5.69 Å². The molecule has 2 aromatic rings. The lowest BCUT2D eigenvalue weighted by Crippen LogP contribution is -2.38. The highest BCUT2D eigenvalue weighted by molar-refractivity contribution is 5.34. The van der Waals surface area contributed by atoms with Crippen molar-refractivity contribution in [3.05, 3.63) is 46.1 Å². The smallest absolute Gasteiger partial charge is 0.294 e. The molecule has 1 aromatic carbocycles. The van der Waals surface area contributed by atoms with Crippen LogP contribution in [0.25, 0.3) is 5.69 Å². The minimum atomic E-state index is -4.39. The van der Waals surface area contributed by atoms with Crippen LogP contribution in [0.2, 0.25) is 0 Å². The Morgan fingerprint density at radius 3 is 2.44 bits per heavy atom. The van der Waals surface area contributed by atoms with Gasteiger partial charge in [-0.2, -0.15) is 17.9 Å². The van der Waals surface area contributed by atoms with Crippen LogP contribution in [0.4, 0.5) is 13.2 Å². The highest BCUT2D eigenvalue weighted by atomic mass is 19.4. The second kappa shape index (κ2) is 6.67. The zero-order valence-electron chi connectivity index (χ0n) is 14.3. The summed E-state index contributed by atoms with van der Waals surface area (Å²) in [5, 5.41) is 4.33. The normalized spacial score (nSPS) is 15.6. The van der Waals surface area contributed by atoms with E-state index in [0.29, 0.717) is 30.5 Å². The van der Waals surface area contributed by atoms with Gasteiger partial charge in [-0.1, -0.05) is 13.8 Å². The Balaban J connectivity index is 1.82. The highest BCUT2D eigenvalue weighted by Gasteiger charge is 2.30. The van der Waals surface area contributed by atoms with Crippen LogP contribution in [0, 0.1) is 5.92 Å². The van der Waals surface area contributed by atoms with Gasteiger partial charge in [0.25, 0.3) is 0 Å². The van der Waals surface area contributed by atoms with Gasteiger partial charge in [-0.25, -0.2) is 4.79 Å². The Morgan fingerprint density at radius 1 is 1.16 bits per heavy atom. The molecule has 1 aliphatic rings. The summed E-state index contributed by atoms with van der Waals surface area (Å²) in [6.45, 7) is 7.18. The van der Waals surface area contributed by atoms with E-state index in [-0.39, 0.29) is 5.69 Å². The molecule has 2 heterocycles. The molecule has 5 nitrogen and oxygen atoms in total. The fourth-order valence-electron chi connectivity index (χ4n) is 2.89. The number of hydrogen-bond donors (Lipinski definition) is 0. The zero-order valence-corrected chi connectivity index (χ0v) is 14.3. The fourth-order valence-corrected chi connectivity index (χ4v) is 2.89. The van der Waals surface area contributed by atoms with Crippen molar-refractivity contribution in [2.45, 2.75) is 39.5 Å². The lowest BCUT2D eigenvalue weighted by Gasteiger charge is -2.26. The van der Waals surface area contributed by atoms with Gasteiger partial charge in [0.05, 0.1) is 17.8 Å². The maximum Gasteiger partial charge on any atom is 0.416 e. The number of halogens is 3. The summed E-state index contributed by atoms with van der Waals surface area (Å²) in [5.41, 5.74) is -0.708. The molecule has 1 aromatic heterocycles. The molecule has 0 saturated carbocycles.